The summed E-state index contributed by atoms with van der Waals surface area (Å²) in [5, 5.41) is 13.7. The van der Waals surface area contributed by atoms with Crippen LogP contribution in [-0.2, 0) is 0 Å². The Morgan fingerprint density at radius 3 is 2.75 bits per heavy atom. The van der Waals surface area contributed by atoms with Gasteiger partial charge in [0.25, 0.3) is 5.89 Å². The van der Waals surface area contributed by atoms with Crippen molar-refractivity contribution < 1.29 is 19.1 Å². The van der Waals surface area contributed by atoms with Gasteiger partial charge in [-0.15, -0.1) is 0 Å². The van der Waals surface area contributed by atoms with E-state index in [0.29, 0.717) is 22.1 Å². The van der Waals surface area contributed by atoms with Gasteiger partial charge in [-0.25, -0.2) is 0 Å². The first-order valence-electron chi connectivity index (χ1n) is 5.74. The number of ether oxygens (including phenoxy) is 2. The maximum atomic E-state index is 9.54. The number of hydrogen-bond acceptors (Lipinski definition) is 7. The van der Waals surface area contributed by atoms with Crippen LogP contribution in [0.3, 0.4) is 0 Å². The van der Waals surface area contributed by atoms with E-state index in [-0.39, 0.29) is 18.3 Å². The van der Waals surface area contributed by atoms with Crippen LogP contribution in [0, 0.1) is 0 Å². The van der Waals surface area contributed by atoms with E-state index in [0.717, 1.165) is 0 Å². The third-order valence-corrected chi connectivity index (χ3v) is 2.92. The fourth-order valence-corrected chi connectivity index (χ4v) is 1.92. The van der Waals surface area contributed by atoms with Crippen molar-refractivity contribution in [2.45, 2.75) is 6.10 Å². The molecule has 1 aromatic heterocycles. The zero-order chi connectivity index (χ0) is 14.7. The van der Waals surface area contributed by atoms with Gasteiger partial charge in [-0.1, -0.05) is 16.8 Å². The van der Waals surface area contributed by atoms with Crippen molar-refractivity contribution in [1.29, 1.82) is 0 Å². The smallest absolute Gasteiger partial charge is 0.257 e. The molecule has 0 radical (unpaired) electrons. The molecule has 0 aliphatic carbocycles. The summed E-state index contributed by atoms with van der Waals surface area (Å²) in [5.41, 5.74) is 5.90. The molecule has 3 N–H and O–H groups in total. The van der Waals surface area contributed by atoms with Gasteiger partial charge in [0.2, 0.25) is 5.82 Å². The molecular weight excluding hydrogens is 286 g/mol. The molecule has 0 bridgehead atoms. The van der Waals surface area contributed by atoms with E-state index >= 15 is 0 Å². The summed E-state index contributed by atoms with van der Waals surface area (Å²) in [4.78, 5) is 4.06. The largest absolute Gasteiger partial charge is 0.493 e. The van der Waals surface area contributed by atoms with Crippen LogP contribution in [0.25, 0.3) is 11.4 Å². The number of aliphatic hydroxyl groups excluding tert-OH is 1. The molecule has 0 spiro atoms. The van der Waals surface area contributed by atoms with Crippen LogP contribution in [0.4, 0.5) is 0 Å². The standard InChI is InChI=1S/C12H14ClN3O4/c1-18-9-4-6(3-7(13)10(9)19-2)11-15-12(20-16-11)8(17)5-14/h3-4,8,17H,5,14H2,1-2H3/t8-/m0/s1. The third kappa shape index (κ3) is 2.69. The number of aliphatic hydroxyl groups is 1. The molecular formula is C12H14ClN3O4. The Morgan fingerprint density at radius 2 is 2.15 bits per heavy atom. The van der Waals surface area contributed by atoms with Crippen LogP contribution in [0.15, 0.2) is 16.7 Å². The topological polar surface area (TPSA) is 104 Å². The average Bonchev–Trinajstić information content (AvgIpc) is 2.95. The lowest BCUT2D eigenvalue weighted by atomic mass is 10.2. The van der Waals surface area contributed by atoms with Gasteiger partial charge in [0, 0.05) is 12.1 Å². The fraction of sp³-hybridized carbons (Fsp3) is 0.333. The third-order valence-electron chi connectivity index (χ3n) is 2.64. The monoisotopic (exact) mass is 299 g/mol. The molecule has 108 valence electrons. The minimum absolute atomic E-state index is 0.00563. The number of rotatable bonds is 5. The van der Waals surface area contributed by atoms with Crippen LogP contribution in [-0.4, -0.2) is 36.0 Å². The van der Waals surface area contributed by atoms with E-state index in [1.807, 2.05) is 0 Å². The Morgan fingerprint density at radius 1 is 1.40 bits per heavy atom. The second-order valence-electron chi connectivity index (χ2n) is 3.90. The van der Waals surface area contributed by atoms with E-state index in [1.165, 1.54) is 14.2 Å². The fourth-order valence-electron chi connectivity index (χ4n) is 1.64. The van der Waals surface area contributed by atoms with E-state index in [4.69, 9.17) is 31.3 Å². The number of nitrogens with two attached hydrogens (primary N) is 1. The normalized spacial score (nSPS) is 12.2. The molecule has 0 aliphatic heterocycles. The Bertz CT molecular complexity index is 602. The second kappa shape index (κ2) is 6.08. The molecule has 0 saturated heterocycles. The maximum Gasteiger partial charge on any atom is 0.257 e. The molecule has 0 aliphatic rings. The zero-order valence-electron chi connectivity index (χ0n) is 11.0. The van der Waals surface area contributed by atoms with Gasteiger partial charge in [0.1, 0.15) is 6.10 Å². The lowest BCUT2D eigenvalue weighted by molar-refractivity contribution is 0.141. The lowest BCUT2D eigenvalue weighted by Gasteiger charge is -2.10. The Hall–Kier alpha value is -1.83. The van der Waals surface area contributed by atoms with Gasteiger partial charge in [-0.3, -0.25) is 0 Å². The highest BCUT2D eigenvalue weighted by Gasteiger charge is 2.18. The number of aromatic nitrogens is 2. The predicted molar refractivity (Wildman–Crippen MR) is 71.9 cm³/mol. The van der Waals surface area contributed by atoms with Crippen molar-refractivity contribution in [3.63, 3.8) is 0 Å². The predicted octanol–water partition coefficient (Wildman–Crippen LogP) is 1.40. The number of nitrogens with zero attached hydrogens (tertiary/aromatic N) is 2. The maximum absolute atomic E-state index is 9.54. The Labute approximate surface area is 120 Å². The Balaban J connectivity index is 2.42. The first-order valence-corrected chi connectivity index (χ1v) is 6.12. The summed E-state index contributed by atoms with van der Waals surface area (Å²) in [6.07, 6.45) is -0.994. The summed E-state index contributed by atoms with van der Waals surface area (Å²) in [7, 11) is 2.99. The number of halogens is 1. The van der Waals surface area contributed by atoms with Crippen LogP contribution in [0.1, 0.15) is 12.0 Å². The van der Waals surface area contributed by atoms with Gasteiger partial charge in [0.15, 0.2) is 11.5 Å². The van der Waals surface area contributed by atoms with Crippen molar-refractivity contribution in [2.24, 2.45) is 5.73 Å². The molecule has 0 amide bonds. The van der Waals surface area contributed by atoms with Crippen LogP contribution in [0.5, 0.6) is 11.5 Å². The molecule has 2 rings (SSSR count). The van der Waals surface area contributed by atoms with Crippen molar-refractivity contribution in [2.75, 3.05) is 20.8 Å². The van der Waals surface area contributed by atoms with Crippen molar-refractivity contribution >= 4 is 11.6 Å². The molecule has 0 unspecified atom stereocenters. The lowest BCUT2D eigenvalue weighted by Crippen LogP contribution is -2.11. The minimum Gasteiger partial charge on any atom is -0.493 e. The highest BCUT2D eigenvalue weighted by Crippen LogP contribution is 2.38. The van der Waals surface area contributed by atoms with Gasteiger partial charge in [-0.05, 0) is 12.1 Å². The molecule has 2 aromatic rings. The molecule has 0 saturated carbocycles. The minimum atomic E-state index is -0.994. The zero-order valence-corrected chi connectivity index (χ0v) is 11.7. The Kier molecular flexibility index (Phi) is 4.43. The molecule has 7 nitrogen and oxygen atoms in total. The quantitative estimate of drug-likeness (QED) is 0.860. The van der Waals surface area contributed by atoms with E-state index in [1.54, 1.807) is 12.1 Å². The van der Waals surface area contributed by atoms with Crippen LogP contribution >= 0.6 is 11.6 Å². The number of hydrogen-bond donors (Lipinski definition) is 2. The van der Waals surface area contributed by atoms with E-state index < -0.39 is 6.10 Å². The van der Waals surface area contributed by atoms with E-state index in [9.17, 15) is 5.11 Å². The van der Waals surface area contributed by atoms with Crippen LogP contribution in [0.2, 0.25) is 5.02 Å². The summed E-state index contributed by atoms with van der Waals surface area (Å²) in [6.45, 7) is -0.00563. The van der Waals surface area contributed by atoms with Crippen molar-refractivity contribution in [3.8, 4) is 22.9 Å². The molecule has 1 atom stereocenters. The van der Waals surface area contributed by atoms with Crippen molar-refractivity contribution in [1.82, 2.24) is 10.1 Å². The summed E-state index contributed by atoms with van der Waals surface area (Å²) in [6, 6.07) is 3.28. The number of benzene rings is 1. The average molecular weight is 300 g/mol. The van der Waals surface area contributed by atoms with Gasteiger partial charge >= 0.3 is 0 Å². The van der Waals surface area contributed by atoms with Gasteiger partial charge in [0.05, 0.1) is 19.2 Å². The summed E-state index contributed by atoms with van der Waals surface area (Å²) >= 11 is 6.10. The highest BCUT2D eigenvalue weighted by atomic mass is 35.5. The van der Waals surface area contributed by atoms with Gasteiger partial charge < -0.3 is 24.8 Å². The SMILES string of the molecule is COc1cc(-c2noc([C@@H](O)CN)n2)cc(Cl)c1OC. The van der Waals surface area contributed by atoms with E-state index in [2.05, 4.69) is 10.1 Å². The van der Waals surface area contributed by atoms with Crippen LogP contribution < -0.4 is 15.2 Å². The molecule has 8 heteroatoms. The molecule has 20 heavy (non-hydrogen) atoms. The summed E-state index contributed by atoms with van der Waals surface area (Å²) < 4.78 is 15.3. The van der Waals surface area contributed by atoms with Gasteiger partial charge in [-0.2, -0.15) is 4.98 Å². The molecule has 1 aromatic carbocycles. The molecule has 0 fully saturated rings. The highest BCUT2D eigenvalue weighted by molar-refractivity contribution is 6.32. The molecule has 1 heterocycles. The first-order chi connectivity index (χ1) is 9.60. The first kappa shape index (κ1) is 14.6. The van der Waals surface area contributed by atoms with Crippen molar-refractivity contribution in [3.05, 3.63) is 23.0 Å². The number of methoxy groups -OCH3 is 2. The summed E-state index contributed by atoms with van der Waals surface area (Å²) in [5.74, 6) is 1.19. The second-order valence-corrected chi connectivity index (χ2v) is 4.31.